The molecule has 86 valence electrons. The molecule has 3 nitrogen and oxygen atoms in total. The third-order valence-corrected chi connectivity index (χ3v) is 3.57. The minimum atomic E-state index is 0.144. The summed E-state index contributed by atoms with van der Waals surface area (Å²) in [5.74, 6) is 0.144. The van der Waals surface area contributed by atoms with E-state index in [1.165, 1.54) is 0 Å². The van der Waals surface area contributed by atoms with Gasteiger partial charge in [-0.3, -0.25) is 4.79 Å². The normalized spacial score (nSPS) is 20.9. The molecule has 1 aliphatic heterocycles. The fraction of sp³-hybridized carbons (Fsp3) is 0.417. The predicted molar refractivity (Wildman–Crippen MR) is 72.5 cm³/mol. The Morgan fingerprint density at radius 1 is 1.44 bits per heavy atom. The van der Waals surface area contributed by atoms with Crippen molar-refractivity contribution in [1.82, 2.24) is 10.2 Å². The van der Waals surface area contributed by atoms with Gasteiger partial charge in [-0.1, -0.05) is 0 Å². The first-order chi connectivity index (χ1) is 7.68. The van der Waals surface area contributed by atoms with Crippen molar-refractivity contribution in [2.45, 2.75) is 13.0 Å². The first-order valence-corrected chi connectivity index (χ1v) is 6.53. The van der Waals surface area contributed by atoms with E-state index in [0.717, 1.165) is 28.8 Å². The average Bonchev–Trinajstić information content (AvgIpc) is 2.30. The van der Waals surface area contributed by atoms with Gasteiger partial charge in [0.2, 0.25) is 0 Å². The lowest BCUT2D eigenvalue weighted by molar-refractivity contribution is 0.0656. The number of amides is 1. The first-order valence-electron chi connectivity index (χ1n) is 5.46. The Labute approximate surface area is 109 Å². The summed E-state index contributed by atoms with van der Waals surface area (Å²) in [6, 6.07) is 8.03. The zero-order valence-corrected chi connectivity index (χ0v) is 11.4. The number of benzene rings is 1. The molecule has 0 bridgehead atoms. The molecular formula is C12H15IN2O. The summed E-state index contributed by atoms with van der Waals surface area (Å²) in [5.41, 5.74) is 0.786. The quantitative estimate of drug-likeness (QED) is 0.796. The van der Waals surface area contributed by atoms with Crippen molar-refractivity contribution in [3.63, 3.8) is 0 Å². The van der Waals surface area contributed by atoms with Gasteiger partial charge in [-0.2, -0.15) is 0 Å². The third-order valence-electron chi connectivity index (χ3n) is 2.85. The highest BCUT2D eigenvalue weighted by Crippen LogP contribution is 2.12. The van der Waals surface area contributed by atoms with Crippen LogP contribution < -0.4 is 5.32 Å². The first kappa shape index (κ1) is 11.9. The fourth-order valence-corrected chi connectivity index (χ4v) is 2.26. The number of rotatable bonds is 1. The maximum absolute atomic E-state index is 12.2. The lowest BCUT2D eigenvalue weighted by Gasteiger charge is -2.34. The molecule has 1 atom stereocenters. The number of carbonyl (C=O) groups excluding carboxylic acids is 1. The van der Waals surface area contributed by atoms with Gasteiger partial charge >= 0.3 is 0 Å². The van der Waals surface area contributed by atoms with Crippen LogP contribution in [-0.2, 0) is 0 Å². The molecule has 1 aliphatic rings. The van der Waals surface area contributed by atoms with Crippen molar-refractivity contribution in [2.75, 3.05) is 19.6 Å². The maximum Gasteiger partial charge on any atom is 0.254 e. The molecule has 4 heteroatoms. The molecule has 2 rings (SSSR count). The van der Waals surface area contributed by atoms with Crippen LogP contribution in [0.3, 0.4) is 0 Å². The molecular weight excluding hydrogens is 315 g/mol. The van der Waals surface area contributed by atoms with E-state index in [2.05, 4.69) is 34.8 Å². The highest BCUT2D eigenvalue weighted by atomic mass is 127. The second-order valence-electron chi connectivity index (χ2n) is 4.06. The number of hydrogen-bond donors (Lipinski definition) is 1. The molecule has 1 amide bonds. The van der Waals surface area contributed by atoms with Crippen LogP contribution in [0.5, 0.6) is 0 Å². The summed E-state index contributed by atoms with van der Waals surface area (Å²) in [4.78, 5) is 14.2. The molecule has 1 saturated heterocycles. The van der Waals surface area contributed by atoms with Crippen LogP contribution in [0.1, 0.15) is 17.3 Å². The fourth-order valence-electron chi connectivity index (χ4n) is 1.90. The van der Waals surface area contributed by atoms with E-state index in [1.54, 1.807) is 0 Å². The van der Waals surface area contributed by atoms with Crippen LogP contribution in [0.15, 0.2) is 24.3 Å². The van der Waals surface area contributed by atoms with Crippen molar-refractivity contribution in [3.8, 4) is 0 Å². The lowest BCUT2D eigenvalue weighted by atomic mass is 10.1. The molecule has 1 N–H and O–H groups in total. The number of hydrogen-bond acceptors (Lipinski definition) is 2. The van der Waals surface area contributed by atoms with Crippen molar-refractivity contribution < 1.29 is 4.79 Å². The molecule has 1 fully saturated rings. The van der Waals surface area contributed by atoms with Crippen LogP contribution in [0, 0.1) is 3.57 Å². The van der Waals surface area contributed by atoms with Crippen LogP contribution in [0.4, 0.5) is 0 Å². The van der Waals surface area contributed by atoms with Gasteiger partial charge < -0.3 is 10.2 Å². The van der Waals surface area contributed by atoms with E-state index in [-0.39, 0.29) is 11.9 Å². The Morgan fingerprint density at radius 2 is 2.12 bits per heavy atom. The summed E-state index contributed by atoms with van der Waals surface area (Å²) < 4.78 is 1.16. The summed E-state index contributed by atoms with van der Waals surface area (Å²) in [5, 5.41) is 3.28. The topological polar surface area (TPSA) is 32.3 Å². The molecule has 1 aromatic rings. The Bertz CT molecular complexity index is 377. The molecule has 0 radical (unpaired) electrons. The molecule has 0 spiro atoms. The molecule has 0 saturated carbocycles. The zero-order valence-electron chi connectivity index (χ0n) is 9.24. The molecule has 1 aromatic carbocycles. The lowest BCUT2D eigenvalue weighted by Crippen LogP contribution is -2.52. The molecule has 16 heavy (non-hydrogen) atoms. The van der Waals surface area contributed by atoms with E-state index in [1.807, 2.05) is 29.2 Å². The standard InChI is InChI=1S/C12H15IN2O/c1-9-8-14-6-7-15(9)12(16)10-2-4-11(13)5-3-10/h2-5,9,14H,6-8H2,1H3. The number of nitrogens with one attached hydrogen (secondary N) is 1. The number of halogens is 1. The number of carbonyl (C=O) groups is 1. The van der Waals surface area contributed by atoms with Crippen LogP contribution >= 0.6 is 22.6 Å². The molecule has 0 aromatic heterocycles. The Hall–Kier alpha value is -0.620. The second kappa shape index (κ2) is 5.14. The molecule has 1 unspecified atom stereocenters. The van der Waals surface area contributed by atoms with Crippen molar-refractivity contribution >= 4 is 28.5 Å². The van der Waals surface area contributed by atoms with E-state index in [0.29, 0.717) is 0 Å². The number of piperazine rings is 1. The zero-order chi connectivity index (χ0) is 11.5. The second-order valence-corrected chi connectivity index (χ2v) is 5.30. The van der Waals surface area contributed by atoms with Gasteiger partial charge in [-0.05, 0) is 53.8 Å². The van der Waals surface area contributed by atoms with Crippen LogP contribution in [0.2, 0.25) is 0 Å². The smallest absolute Gasteiger partial charge is 0.254 e. The van der Waals surface area contributed by atoms with Gasteiger partial charge in [0.1, 0.15) is 0 Å². The maximum atomic E-state index is 12.2. The van der Waals surface area contributed by atoms with Gasteiger partial charge in [0.15, 0.2) is 0 Å². The average molecular weight is 330 g/mol. The number of nitrogens with zero attached hydrogens (tertiary/aromatic N) is 1. The van der Waals surface area contributed by atoms with E-state index in [9.17, 15) is 4.79 Å². The minimum absolute atomic E-state index is 0.144. The van der Waals surface area contributed by atoms with Crippen LogP contribution in [0.25, 0.3) is 0 Å². The summed E-state index contributed by atoms with van der Waals surface area (Å²) in [6.07, 6.45) is 0. The Kier molecular flexibility index (Phi) is 3.81. The van der Waals surface area contributed by atoms with Crippen LogP contribution in [-0.4, -0.2) is 36.5 Å². The summed E-state index contributed by atoms with van der Waals surface area (Å²) in [7, 11) is 0. The van der Waals surface area contributed by atoms with Crippen molar-refractivity contribution in [3.05, 3.63) is 33.4 Å². The van der Waals surface area contributed by atoms with Gasteiger partial charge in [-0.25, -0.2) is 0 Å². The SMILES string of the molecule is CC1CNCCN1C(=O)c1ccc(I)cc1. The van der Waals surface area contributed by atoms with Gasteiger partial charge in [0.05, 0.1) is 0 Å². The molecule has 1 heterocycles. The minimum Gasteiger partial charge on any atom is -0.333 e. The summed E-state index contributed by atoms with van der Waals surface area (Å²) >= 11 is 2.24. The van der Waals surface area contributed by atoms with Gasteiger partial charge in [0, 0.05) is 34.8 Å². The van der Waals surface area contributed by atoms with E-state index in [4.69, 9.17) is 0 Å². The Balaban J connectivity index is 2.14. The Morgan fingerprint density at radius 3 is 2.75 bits per heavy atom. The third kappa shape index (κ3) is 2.55. The van der Waals surface area contributed by atoms with Gasteiger partial charge in [0.25, 0.3) is 5.91 Å². The summed E-state index contributed by atoms with van der Waals surface area (Å²) in [6.45, 7) is 4.65. The largest absolute Gasteiger partial charge is 0.333 e. The van der Waals surface area contributed by atoms with Gasteiger partial charge in [-0.15, -0.1) is 0 Å². The molecule has 0 aliphatic carbocycles. The van der Waals surface area contributed by atoms with Crippen molar-refractivity contribution in [1.29, 1.82) is 0 Å². The van der Waals surface area contributed by atoms with E-state index < -0.39 is 0 Å². The highest BCUT2D eigenvalue weighted by molar-refractivity contribution is 14.1. The predicted octanol–water partition coefficient (Wildman–Crippen LogP) is 1.73. The van der Waals surface area contributed by atoms with Crippen molar-refractivity contribution in [2.24, 2.45) is 0 Å². The monoisotopic (exact) mass is 330 g/mol. The highest BCUT2D eigenvalue weighted by Gasteiger charge is 2.23. The van der Waals surface area contributed by atoms with E-state index >= 15 is 0 Å².